The molecule has 0 atom stereocenters. The topological polar surface area (TPSA) is 66.4 Å². The SMILES string of the molecule is CSCc1cccc(C(=O)NC(C)(C)CCC(=O)O)c1. The lowest BCUT2D eigenvalue weighted by molar-refractivity contribution is -0.137. The monoisotopic (exact) mass is 295 g/mol. The van der Waals surface area contributed by atoms with Crippen LogP contribution in [0.15, 0.2) is 24.3 Å². The van der Waals surface area contributed by atoms with E-state index in [4.69, 9.17) is 5.11 Å². The van der Waals surface area contributed by atoms with Gasteiger partial charge >= 0.3 is 5.97 Å². The summed E-state index contributed by atoms with van der Waals surface area (Å²) in [4.78, 5) is 22.8. The summed E-state index contributed by atoms with van der Waals surface area (Å²) in [6.07, 6.45) is 2.46. The molecule has 0 aliphatic rings. The molecule has 0 radical (unpaired) electrons. The maximum absolute atomic E-state index is 12.2. The van der Waals surface area contributed by atoms with Crippen LogP contribution in [-0.4, -0.2) is 28.8 Å². The Labute approximate surface area is 124 Å². The summed E-state index contributed by atoms with van der Waals surface area (Å²) in [6, 6.07) is 7.50. The highest BCUT2D eigenvalue weighted by Crippen LogP contribution is 2.15. The number of carbonyl (C=O) groups excluding carboxylic acids is 1. The molecule has 0 saturated heterocycles. The first-order chi connectivity index (χ1) is 9.34. The van der Waals surface area contributed by atoms with E-state index < -0.39 is 11.5 Å². The zero-order valence-electron chi connectivity index (χ0n) is 12.1. The van der Waals surface area contributed by atoms with Crippen LogP contribution in [-0.2, 0) is 10.5 Å². The molecule has 4 nitrogen and oxygen atoms in total. The lowest BCUT2D eigenvalue weighted by Crippen LogP contribution is -2.43. The zero-order chi connectivity index (χ0) is 15.2. The zero-order valence-corrected chi connectivity index (χ0v) is 12.9. The van der Waals surface area contributed by atoms with Gasteiger partial charge in [-0.15, -0.1) is 0 Å². The van der Waals surface area contributed by atoms with E-state index in [0.717, 1.165) is 11.3 Å². The predicted molar refractivity (Wildman–Crippen MR) is 82.1 cm³/mol. The molecule has 0 spiro atoms. The summed E-state index contributed by atoms with van der Waals surface area (Å²) in [5.74, 6) is -0.151. The van der Waals surface area contributed by atoms with Crippen LogP contribution in [0.3, 0.4) is 0 Å². The third-order valence-corrected chi connectivity index (χ3v) is 3.54. The molecule has 0 aromatic heterocycles. The van der Waals surface area contributed by atoms with Gasteiger partial charge in [0.2, 0.25) is 0 Å². The molecule has 110 valence electrons. The normalized spacial score (nSPS) is 11.2. The van der Waals surface area contributed by atoms with Gasteiger partial charge in [0.15, 0.2) is 0 Å². The molecule has 1 aromatic rings. The highest BCUT2D eigenvalue weighted by Gasteiger charge is 2.22. The van der Waals surface area contributed by atoms with E-state index in [1.807, 2.05) is 38.3 Å². The van der Waals surface area contributed by atoms with Gasteiger partial charge < -0.3 is 10.4 Å². The fourth-order valence-electron chi connectivity index (χ4n) is 1.83. The van der Waals surface area contributed by atoms with Gasteiger partial charge in [-0.2, -0.15) is 11.8 Å². The van der Waals surface area contributed by atoms with Crippen LogP contribution < -0.4 is 5.32 Å². The average Bonchev–Trinajstić information content (AvgIpc) is 2.37. The molecule has 0 unspecified atom stereocenters. The van der Waals surface area contributed by atoms with Gasteiger partial charge in [-0.1, -0.05) is 12.1 Å². The highest BCUT2D eigenvalue weighted by atomic mass is 32.2. The molecule has 2 N–H and O–H groups in total. The number of carbonyl (C=O) groups is 2. The van der Waals surface area contributed by atoms with E-state index in [1.165, 1.54) is 0 Å². The summed E-state index contributed by atoms with van der Waals surface area (Å²) in [6.45, 7) is 3.67. The smallest absolute Gasteiger partial charge is 0.303 e. The minimum Gasteiger partial charge on any atom is -0.481 e. The Morgan fingerprint density at radius 2 is 2.05 bits per heavy atom. The fraction of sp³-hybridized carbons (Fsp3) is 0.467. The molecule has 1 amide bonds. The Morgan fingerprint density at radius 1 is 1.35 bits per heavy atom. The number of aliphatic carboxylic acids is 1. The van der Waals surface area contributed by atoms with Gasteiger partial charge in [-0.25, -0.2) is 0 Å². The Morgan fingerprint density at radius 3 is 2.65 bits per heavy atom. The Hall–Kier alpha value is -1.49. The first-order valence-corrected chi connectivity index (χ1v) is 7.85. The molecule has 0 aliphatic heterocycles. The van der Waals surface area contributed by atoms with Crippen molar-refractivity contribution >= 4 is 23.6 Å². The van der Waals surface area contributed by atoms with Crippen LogP contribution in [0.4, 0.5) is 0 Å². The number of hydrogen-bond donors (Lipinski definition) is 2. The molecule has 1 rings (SSSR count). The second kappa shape index (κ2) is 7.33. The fourth-order valence-corrected chi connectivity index (χ4v) is 2.34. The minimum atomic E-state index is -0.853. The van der Waals surface area contributed by atoms with Crippen molar-refractivity contribution in [3.63, 3.8) is 0 Å². The number of thioether (sulfide) groups is 1. The molecule has 0 saturated carbocycles. The second-order valence-corrected chi connectivity index (χ2v) is 6.23. The van der Waals surface area contributed by atoms with Crippen LogP contribution in [0, 0.1) is 0 Å². The Balaban J connectivity index is 2.70. The van der Waals surface area contributed by atoms with Gasteiger partial charge in [-0.05, 0) is 44.2 Å². The van der Waals surface area contributed by atoms with Gasteiger partial charge in [0.25, 0.3) is 5.91 Å². The lowest BCUT2D eigenvalue weighted by Gasteiger charge is -2.25. The van der Waals surface area contributed by atoms with Crippen LogP contribution >= 0.6 is 11.8 Å². The van der Waals surface area contributed by atoms with Crippen molar-refractivity contribution in [2.45, 2.75) is 38.0 Å². The molecule has 1 aromatic carbocycles. The number of carboxylic acids is 1. The van der Waals surface area contributed by atoms with Crippen molar-refractivity contribution in [3.8, 4) is 0 Å². The third-order valence-electron chi connectivity index (χ3n) is 2.92. The number of carboxylic acid groups (broad SMARTS) is 1. The summed E-state index contributed by atoms with van der Waals surface area (Å²) in [7, 11) is 0. The van der Waals surface area contributed by atoms with E-state index >= 15 is 0 Å². The van der Waals surface area contributed by atoms with Gasteiger partial charge in [0.1, 0.15) is 0 Å². The highest BCUT2D eigenvalue weighted by molar-refractivity contribution is 7.97. The van der Waals surface area contributed by atoms with Crippen molar-refractivity contribution in [2.24, 2.45) is 0 Å². The summed E-state index contributed by atoms with van der Waals surface area (Å²) in [5, 5.41) is 11.6. The predicted octanol–water partition coefficient (Wildman–Crippen LogP) is 2.92. The quantitative estimate of drug-likeness (QED) is 0.811. The first kappa shape index (κ1) is 16.6. The number of hydrogen-bond acceptors (Lipinski definition) is 3. The molecule has 5 heteroatoms. The summed E-state index contributed by atoms with van der Waals surface area (Å²) >= 11 is 1.70. The van der Waals surface area contributed by atoms with Gasteiger partial charge in [-0.3, -0.25) is 9.59 Å². The van der Waals surface area contributed by atoms with Crippen LogP contribution in [0.5, 0.6) is 0 Å². The van der Waals surface area contributed by atoms with E-state index in [1.54, 1.807) is 17.8 Å². The van der Waals surface area contributed by atoms with E-state index in [9.17, 15) is 9.59 Å². The molecule has 0 heterocycles. The lowest BCUT2D eigenvalue weighted by atomic mass is 9.97. The van der Waals surface area contributed by atoms with Crippen molar-refractivity contribution in [1.29, 1.82) is 0 Å². The maximum atomic E-state index is 12.2. The third kappa shape index (κ3) is 5.65. The van der Waals surface area contributed by atoms with Crippen molar-refractivity contribution in [2.75, 3.05) is 6.26 Å². The number of amides is 1. The number of nitrogens with one attached hydrogen (secondary N) is 1. The molecule has 20 heavy (non-hydrogen) atoms. The maximum Gasteiger partial charge on any atom is 0.303 e. The van der Waals surface area contributed by atoms with Crippen molar-refractivity contribution in [3.05, 3.63) is 35.4 Å². The van der Waals surface area contributed by atoms with Gasteiger partial charge in [0.05, 0.1) is 0 Å². The number of benzene rings is 1. The standard InChI is InChI=1S/C15H21NO3S/c1-15(2,8-7-13(17)18)16-14(19)12-6-4-5-11(9-12)10-20-3/h4-6,9H,7-8,10H2,1-3H3,(H,16,19)(H,17,18). The molecule has 0 aliphatic carbocycles. The largest absolute Gasteiger partial charge is 0.481 e. The summed E-state index contributed by atoms with van der Waals surface area (Å²) in [5.41, 5.74) is 1.18. The van der Waals surface area contributed by atoms with E-state index in [2.05, 4.69) is 5.32 Å². The molecular weight excluding hydrogens is 274 g/mol. The Bertz CT molecular complexity index is 486. The van der Waals surface area contributed by atoms with E-state index in [0.29, 0.717) is 12.0 Å². The summed E-state index contributed by atoms with van der Waals surface area (Å²) < 4.78 is 0. The first-order valence-electron chi connectivity index (χ1n) is 6.46. The van der Waals surface area contributed by atoms with Crippen molar-refractivity contribution < 1.29 is 14.7 Å². The number of rotatable bonds is 7. The molecular formula is C15H21NO3S. The van der Waals surface area contributed by atoms with Crippen molar-refractivity contribution in [1.82, 2.24) is 5.32 Å². The Kier molecular flexibility index (Phi) is 6.07. The van der Waals surface area contributed by atoms with Crippen LogP contribution in [0.1, 0.15) is 42.6 Å². The van der Waals surface area contributed by atoms with Crippen LogP contribution in [0.2, 0.25) is 0 Å². The minimum absolute atomic E-state index is 0.0415. The van der Waals surface area contributed by atoms with Crippen LogP contribution in [0.25, 0.3) is 0 Å². The molecule has 0 fully saturated rings. The molecule has 0 bridgehead atoms. The van der Waals surface area contributed by atoms with E-state index in [-0.39, 0.29) is 12.3 Å². The average molecular weight is 295 g/mol. The van der Waals surface area contributed by atoms with Gasteiger partial charge in [0, 0.05) is 23.3 Å². The second-order valence-electron chi connectivity index (χ2n) is 5.37.